The van der Waals surface area contributed by atoms with Gasteiger partial charge in [-0.15, -0.1) is 0 Å². The summed E-state index contributed by atoms with van der Waals surface area (Å²) in [6.45, 7) is 7.96. The summed E-state index contributed by atoms with van der Waals surface area (Å²) in [6.07, 6.45) is 7.96. The van der Waals surface area contributed by atoms with Crippen molar-refractivity contribution in [3.8, 4) is 0 Å². The van der Waals surface area contributed by atoms with Crippen LogP contribution in [0, 0.1) is 5.92 Å². The molecular weight excluding hydrogens is 190 g/mol. The summed E-state index contributed by atoms with van der Waals surface area (Å²) in [5.41, 5.74) is 0.288. The second kappa shape index (κ2) is 5.41. The first-order valence-electron chi connectivity index (χ1n) is 5.79. The molecular formula is C12H25NS. The Bertz CT molecular complexity index is 154. The Morgan fingerprint density at radius 2 is 1.71 bits per heavy atom. The Morgan fingerprint density at radius 3 is 2.14 bits per heavy atom. The van der Waals surface area contributed by atoms with Gasteiger partial charge in [-0.2, -0.15) is 11.8 Å². The molecule has 2 heteroatoms. The zero-order valence-corrected chi connectivity index (χ0v) is 10.9. The predicted octanol–water partition coefficient (Wildman–Crippen LogP) is 3.30. The number of hydrogen-bond acceptors (Lipinski definition) is 2. The molecule has 0 unspecified atom stereocenters. The van der Waals surface area contributed by atoms with Crippen molar-refractivity contribution in [1.29, 1.82) is 0 Å². The lowest BCUT2D eigenvalue weighted by molar-refractivity contribution is 0.308. The van der Waals surface area contributed by atoms with E-state index < -0.39 is 0 Å². The number of thioether (sulfide) groups is 1. The highest BCUT2D eigenvalue weighted by atomic mass is 32.2. The van der Waals surface area contributed by atoms with E-state index in [9.17, 15) is 0 Å². The van der Waals surface area contributed by atoms with E-state index in [4.69, 9.17) is 0 Å². The highest BCUT2D eigenvalue weighted by Crippen LogP contribution is 2.30. The maximum Gasteiger partial charge on any atom is 0.00966 e. The first-order chi connectivity index (χ1) is 6.51. The van der Waals surface area contributed by atoms with Gasteiger partial charge in [-0.25, -0.2) is 0 Å². The van der Waals surface area contributed by atoms with Gasteiger partial charge in [-0.3, -0.25) is 0 Å². The largest absolute Gasteiger partial charge is 0.312 e. The standard InChI is InChI=1S/C12H25NS/c1-12(2,3)13-9-10-5-7-11(14-4)8-6-10/h10-11,13H,5-9H2,1-4H3/t10-,11-. The molecule has 0 aromatic rings. The van der Waals surface area contributed by atoms with Crippen LogP contribution in [0.1, 0.15) is 46.5 Å². The van der Waals surface area contributed by atoms with Crippen molar-refractivity contribution in [2.75, 3.05) is 12.8 Å². The maximum absolute atomic E-state index is 3.62. The molecule has 84 valence electrons. The van der Waals surface area contributed by atoms with E-state index in [2.05, 4.69) is 44.1 Å². The van der Waals surface area contributed by atoms with Crippen LogP contribution in [0.25, 0.3) is 0 Å². The fraction of sp³-hybridized carbons (Fsp3) is 1.00. The SMILES string of the molecule is CS[C@H]1CC[C@H](CNC(C)(C)C)CC1. The molecule has 1 saturated carbocycles. The fourth-order valence-electron chi connectivity index (χ4n) is 2.02. The molecule has 0 amide bonds. The monoisotopic (exact) mass is 215 g/mol. The van der Waals surface area contributed by atoms with Crippen LogP contribution < -0.4 is 5.32 Å². The Labute approximate surface area is 93.4 Å². The zero-order valence-electron chi connectivity index (χ0n) is 10.1. The molecule has 0 heterocycles. The van der Waals surface area contributed by atoms with Crippen LogP contribution >= 0.6 is 11.8 Å². The Morgan fingerprint density at radius 1 is 1.14 bits per heavy atom. The van der Waals surface area contributed by atoms with E-state index in [1.54, 1.807) is 0 Å². The van der Waals surface area contributed by atoms with E-state index in [1.807, 2.05) is 0 Å². The number of rotatable bonds is 3. The van der Waals surface area contributed by atoms with Gasteiger partial charge in [-0.1, -0.05) is 0 Å². The maximum atomic E-state index is 3.62. The van der Waals surface area contributed by atoms with Gasteiger partial charge in [0.1, 0.15) is 0 Å². The van der Waals surface area contributed by atoms with Gasteiger partial charge in [0.15, 0.2) is 0 Å². The molecule has 1 N–H and O–H groups in total. The predicted molar refractivity (Wildman–Crippen MR) is 67.0 cm³/mol. The lowest BCUT2D eigenvalue weighted by Gasteiger charge is -2.30. The Balaban J connectivity index is 2.16. The minimum Gasteiger partial charge on any atom is -0.312 e. The molecule has 0 bridgehead atoms. The van der Waals surface area contributed by atoms with Crippen LogP contribution in [-0.4, -0.2) is 23.6 Å². The minimum atomic E-state index is 0.288. The van der Waals surface area contributed by atoms with Gasteiger partial charge in [0, 0.05) is 10.8 Å². The summed E-state index contributed by atoms with van der Waals surface area (Å²) in [6, 6.07) is 0. The third kappa shape index (κ3) is 4.70. The molecule has 0 spiro atoms. The molecule has 0 atom stereocenters. The zero-order chi connectivity index (χ0) is 10.6. The average molecular weight is 215 g/mol. The molecule has 1 aliphatic rings. The van der Waals surface area contributed by atoms with Crippen LogP contribution in [0.5, 0.6) is 0 Å². The minimum absolute atomic E-state index is 0.288. The molecule has 1 nitrogen and oxygen atoms in total. The van der Waals surface area contributed by atoms with Crippen LogP contribution in [0.4, 0.5) is 0 Å². The van der Waals surface area contributed by atoms with Crippen LogP contribution in [0.15, 0.2) is 0 Å². The summed E-state index contributed by atoms with van der Waals surface area (Å²) < 4.78 is 0. The van der Waals surface area contributed by atoms with Crippen molar-refractivity contribution in [1.82, 2.24) is 5.32 Å². The summed E-state index contributed by atoms with van der Waals surface area (Å²) in [5.74, 6) is 0.928. The van der Waals surface area contributed by atoms with Crippen molar-refractivity contribution in [3.63, 3.8) is 0 Å². The summed E-state index contributed by atoms with van der Waals surface area (Å²) >= 11 is 2.05. The van der Waals surface area contributed by atoms with Crippen LogP contribution in [0.3, 0.4) is 0 Å². The highest BCUT2D eigenvalue weighted by Gasteiger charge is 2.21. The highest BCUT2D eigenvalue weighted by molar-refractivity contribution is 7.99. The van der Waals surface area contributed by atoms with Gasteiger partial charge in [0.25, 0.3) is 0 Å². The normalized spacial score (nSPS) is 29.1. The second-order valence-corrected chi connectivity index (χ2v) is 6.65. The van der Waals surface area contributed by atoms with Gasteiger partial charge in [0.2, 0.25) is 0 Å². The second-order valence-electron chi connectivity index (χ2n) is 5.51. The molecule has 1 rings (SSSR count). The van der Waals surface area contributed by atoms with Crippen molar-refractivity contribution in [2.24, 2.45) is 5.92 Å². The van der Waals surface area contributed by atoms with Crippen molar-refractivity contribution >= 4 is 11.8 Å². The van der Waals surface area contributed by atoms with Gasteiger partial charge in [-0.05, 0) is 65.2 Å². The molecule has 0 aromatic carbocycles. The van der Waals surface area contributed by atoms with Crippen molar-refractivity contribution in [3.05, 3.63) is 0 Å². The summed E-state index contributed by atoms with van der Waals surface area (Å²) in [7, 11) is 0. The van der Waals surface area contributed by atoms with E-state index in [1.165, 1.54) is 32.2 Å². The van der Waals surface area contributed by atoms with Gasteiger partial charge in [0.05, 0.1) is 0 Å². The molecule has 0 radical (unpaired) electrons. The first kappa shape index (κ1) is 12.4. The molecule has 1 fully saturated rings. The third-order valence-electron chi connectivity index (χ3n) is 3.05. The smallest absolute Gasteiger partial charge is 0.00966 e. The lowest BCUT2D eigenvalue weighted by atomic mass is 9.88. The molecule has 1 aliphatic carbocycles. The average Bonchev–Trinajstić information content (AvgIpc) is 2.14. The van der Waals surface area contributed by atoms with Gasteiger partial charge < -0.3 is 5.32 Å². The quantitative estimate of drug-likeness (QED) is 0.775. The Kier molecular flexibility index (Phi) is 4.78. The van der Waals surface area contributed by atoms with E-state index >= 15 is 0 Å². The molecule has 0 aliphatic heterocycles. The summed E-state index contributed by atoms with van der Waals surface area (Å²) in [4.78, 5) is 0. The Hall–Kier alpha value is 0.310. The van der Waals surface area contributed by atoms with Crippen LogP contribution in [-0.2, 0) is 0 Å². The lowest BCUT2D eigenvalue weighted by Crippen LogP contribution is -2.40. The molecule has 14 heavy (non-hydrogen) atoms. The number of hydrogen-bond donors (Lipinski definition) is 1. The first-order valence-corrected chi connectivity index (χ1v) is 7.08. The van der Waals surface area contributed by atoms with Crippen LogP contribution in [0.2, 0.25) is 0 Å². The van der Waals surface area contributed by atoms with E-state index in [0.717, 1.165) is 11.2 Å². The molecule has 0 saturated heterocycles. The van der Waals surface area contributed by atoms with E-state index in [-0.39, 0.29) is 5.54 Å². The van der Waals surface area contributed by atoms with Gasteiger partial charge >= 0.3 is 0 Å². The summed E-state index contributed by atoms with van der Waals surface area (Å²) in [5, 5.41) is 4.56. The topological polar surface area (TPSA) is 12.0 Å². The van der Waals surface area contributed by atoms with Crippen molar-refractivity contribution < 1.29 is 0 Å². The van der Waals surface area contributed by atoms with E-state index in [0.29, 0.717) is 0 Å². The third-order valence-corrected chi connectivity index (χ3v) is 4.19. The van der Waals surface area contributed by atoms with Crippen molar-refractivity contribution in [2.45, 2.75) is 57.2 Å². The fourth-order valence-corrected chi connectivity index (χ4v) is 2.77. The number of nitrogens with one attached hydrogen (secondary N) is 1. The molecule has 0 aromatic heterocycles.